The average Bonchev–Trinajstić information content (AvgIpc) is 3.21. The summed E-state index contributed by atoms with van der Waals surface area (Å²) in [4.78, 5) is 31.5. The summed E-state index contributed by atoms with van der Waals surface area (Å²) < 4.78 is 21.5. The summed E-state index contributed by atoms with van der Waals surface area (Å²) in [5.74, 6) is -0.866. The summed E-state index contributed by atoms with van der Waals surface area (Å²) >= 11 is 2.59. The van der Waals surface area contributed by atoms with Crippen LogP contribution in [-0.4, -0.2) is 29.7 Å². The van der Waals surface area contributed by atoms with Gasteiger partial charge in [-0.2, -0.15) is 0 Å². The molecule has 0 fully saturated rings. The minimum absolute atomic E-state index is 0.203. The lowest BCUT2D eigenvalue weighted by atomic mass is 10.3. The zero-order chi connectivity index (χ0) is 20.5. The van der Waals surface area contributed by atoms with E-state index in [0.29, 0.717) is 19.9 Å². The minimum atomic E-state index is -0.521. The predicted molar refractivity (Wildman–Crippen MR) is 112 cm³/mol. The number of ether oxygens (including phenoxy) is 1. The van der Waals surface area contributed by atoms with Gasteiger partial charge in [0.2, 0.25) is 0 Å². The molecule has 0 atom stereocenters. The highest BCUT2D eigenvalue weighted by atomic mass is 32.2. The molecule has 0 radical (unpaired) electrons. The number of methoxy groups -OCH3 is 1. The van der Waals surface area contributed by atoms with Crippen LogP contribution in [0, 0.1) is 5.82 Å². The van der Waals surface area contributed by atoms with Crippen LogP contribution < -0.4 is 19.7 Å². The van der Waals surface area contributed by atoms with Gasteiger partial charge in [0.25, 0.3) is 5.56 Å². The van der Waals surface area contributed by atoms with Crippen molar-refractivity contribution in [2.24, 2.45) is 0 Å². The average molecular weight is 429 g/mol. The van der Waals surface area contributed by atoms with Gasteiger partial charge in [-0.15, -0.1) is 11.3 Å². The van der Waals surface area contributed by atoms with E-state index in [9.17, 15) is 14.0 Å². The van der Waals surface area contributed by atoms with Crippen LogP contribution in [0.3, 0.4) is 0 Å². The van der Waals surface area contributed by atoms with E-state index in [4.69, 9.17) is 4.74 Å². The first kappa shape index (κ1) is 19.4. The van der Waals surface area contributed by atoms with E-state index in [0.717, 1.165) is 10.5 Å². The third-order valence-electron chi connectivity index (χ3n) is 4.41. The van der Waals surface area contributed by atoms with Gasteiger partial charge in [0.05, 0.1) is 17.5 Å². The number of rotatable bonds is 3. The number of carbonyl (C=O) groups is 1. The molecule has 0 aliphatic carbocycles. The zero-order valence-electron chi connectivity index (χ0n) is 15.6. The Labute approximate surface area is 173 Å². The van der Waals surface area contributed by atoms with Gasteiger partial charge in [-0.25, -0.2) is 4.39 Å². The van der Waals surface area contributed by atoms with Gasteiger partial charge in [-0.05, 0) is 35.9 Å². The van der Waals surface area contributed by atoms with Crippen LogP contribution in [0.2, 0.25) is 0 Å². The second-order valence-electron chi connectivity index (χ2n) is 6.21. The number of aromatic nitrogens is 2. The van der Waals surface area contributed by atoms with Crippen LogP contribution in [-0.2, 0) is 16.1 Å². The standard InChI is InChI=1S/C20H16FN3O3S2/c1-23-17-13(21)4-3-5-14(17)28-20(23)18-19(26)24(11-16(25)27-2)15(29-18)10-12-6-8-22-9-7-12/h3-10H,11H2,1-2H3/b15-10-,20-18+. The van der Waals surface area contributed by atoms with Crippen LogP contribution >= 0.6 is 23.1 Å². The number of thiazole rings is 1. The highest BCUT2D eigenvalue weighted by Gasteiger charge is 2.27. The van der Waals surface area contributed by atoms with Crippen molar-refractivity contribution in [2.75, 3.05) is 19.1 Å². The Balaban J connectivity index is 1.95. The maximum absolute atomic E-state index is 14.3. The Morgan fingerprint density at radius 1 is 1.28 bits per heavy atom. The molecule has 0 bridgehead atoms. The summed E-state index contributed by atoms with van der Waals surface area (Å²) in [6.45, 7) is -0.203. The Morgan fingerprint density at radius 2 is 2.03 bits per heavy atom. The number of carbonyl (C=O) groups excluding carboxylic acids is 1. The molecule has 6 nitrogen and oxygen atoms in total. The molecule has 3 heterocycles. The van der Waals surface area contributed by atoms with E-state index in [-0.39, 0.29) is 17.9 Å². The number of hydrogen-bond acceptors (Lipinski definition) is 7. The first-order valence-corrected chi connectivity index (χ1v) is 10.3. The molecule has 1 aliphatic heterocycles. The maximum atomic E-state index is 14.3. The predicted octanol–water partition coefficient (Wildman–Crippen LogP) is 1.75. The third kappa shape index (κ3) is 3.58. The summed E-state index contributed by atoms with van der Waals surface area (Å²) in [5.41, 5.74) is 0.973. The van der Waals surface area contributed by atoms with Crippen molar-refractivity contribution in [3.63, 3.8) is 0 Å². The molecule has 0 unspecified atom stereocenters. The van der Waals surface area contributed by atoms with Crippen LogP contribution in [0.15, 0.2) is 52.4 Å². The smallest absolute Gasteiger partial charge is 0.325 e. The van der Waals surface area contributed by atoms with Gasteiger partial charge >= 0.3 is 5.97 Å². The largest absolute Gasteiger partial charge is 0.468 e. The monoisotopic (exact) mass is 429 g/mol. The molecule has 29 heavy (non-hydrogen) atoms. The summed E-state index contributed by atoms with van der Waals surface area (Å²) in [6.07, 6.45) is 5.11. The number of thioether (sulfide) groups is 1. The topological polar surface area (TPSA) is 64.4 Å². The molecule has 9 heteroatoms. The van der Waals surface area contributed by atoms with Gasteiger partial charge in [0.1, 0.15) is 21.9 Å². The van der Waals surface area contributed by atoms with Crippen LogP contribution in [0.4, 0.5) is 10.1 Å². The summed E-state index contributed by atoms with van der Waals surface area (Å²) in [7, 11) is 3.01. The maximum Gasteiger partial charge on any atom is 0.325 e. The molecule has 0 saturated heterocycles. The number of esters is 1. The fourth-order valence-electron chi connectivity index (χ4n) is 2.99. The molecule has 4 rings (SSSR count). The zero-order valence-corrected chi connectivity index (χ0v) is 17.2. The number of hydrogen-bond donors (Lipinski definition) is 0. The third-order valence-corrected chi connectivity index (χ3v) is 6.88. The molecular formula is C20H16FN3O3S2. The van der Waals surface area contributed by atoms with E-state index in [1.54, 1.807) is 42.5 Å². The van der Waals surface area contributed by atoms with E-state index >= 15 is 0 Å². The SMILES string of the molecule is COC(=O)Cn1c(=O)/c(=C2\Sc3cccc(F)c3N2C)s/c1=C\c1ccncc1. The van der Waals surface area contributed by atoms with Crippen molar-refractivity contribution in [1.29, 1.82) is 0 Å². The van der Waals surface area contributed by atoms with E-state index in [1.807, 2.05) is 12.1 Å². The first-order valence-electron chi connectivity index (χ1n) is 8.62. The Morgan fingerprint density at radius 3 is 2.72 bits per heavy atom. The second kappa shape index (κ2) is 7.84. The Kier molecular flexibility index (Phi) is 5.25. The molecular weight excluding hydrogens is 413 g/mol. The normalized spacial score (nSPS) is 15.6. The van der Waals surface area contributed by atoms with Crippen molar-refractivity contribution < 1.29 is 13.9 Å². The molecule has 3 aromatic rings. The quantitative estimate of drug-likeness (QED) is 0.591. The second-order valence-corrected chi connectivity index (χ2v) is 8.28. The number of halogens is 1. The Hall–Kier alpha value is -2.91. The minimum Gasteiger partial charge on any atom is -0.468 e. The molecule has 0 N–H and O–H groups in total. The van der Waals surface area contributed by atoms with Crippen molar-refractivity contribution in [2.45, 2.75) is 11.4 Å². The lowest BCUT2D eigenvalue weighted by molar-refractivity contribution is -0.141. The molecule has 148 valence electrons. The van der Waals surface area contributed by atoms with Gasteiger partial charge in [-0.3, -0.25) is 19.1 Å². The molecule has 1 aromatic carbocycles. The summed E-state index contributed by atoms with van der Waals surface area (Å²) in [5, 5.41) is 0.632. The van der Waals surface area contributed by atoms with Gasteiger partial charge < -0.3 is 9.64 Å². The number of benzene rings is 1. The fourth-order valence-corrected chi connectivity index (χ4v) is 5.42. The van der Waals surface area contributed by atoms with Crippen molar-refractivity contribution in [1.82, 2.24) is 9.55 Å². The number of anilines is 1. The van der Waals surface area contributed by atoms with E-state index in [1.165, 1.54) is 40.8 Å². The van der Waals surface area contributed by atoms with E-state index < -0.39 is 5.97 Å². The van der Waals surface area contributed by atoms with Gasteiger partial charge in [-0.1, -0.05) is 17.8 Å². The van der Waals surface area contributed by atoms with Crippen molar-refractivity contribution >= 4 is 45.9 Å². The number of pyridine rings is 1. The van der Waals surface area contributed by atoms with E-state index in [2.05, 4.69) is 4.98 Å². The molecule has 0 spiro atoms. The summed E-state index contributed by atoms with van der Waals surface area (Å²) in [6, 6.07) is 8.47. The van der Waals surface area contributed by atoms with Crippen LogP contribution in [0.25, 0.3) is 11.1 Å². The van der Waals surface area contributed by atoms with Gasteiger partial charge in [0.15, 0.2) is 0 Å². The van der Waals surface area contributed by atoms with Gasteiger partial charge in [0, 0.05) is 24.3 Å². The molecule has 1 aliphatic rings. The number of para-hydroxylation sites is 1. The van der Waals surface area contributed by atoms with Crippen LogP contribution in [0.5, 0.6) is 0 Å². The number of nitrogens with zero attached hydrogens (tertiary/aromatic N) is 3. The number of fused-ring (bicyclic) bond motifs is 1. The lowest BCUT2D eigenvalue weighted by Crippen LogP contribution is -2.36. The van der Waals surface area contributed by atoms with Crippen molar-refractivity contribution in [3.05, 3.63) is 73.7 Å². The molecule has 2 aromatic heterocycles. The molecule has 0 amide bonds. The van der Waals surface area contributed by atoms with Crippen molar-refractivity contribution in [3.8, 4) is 0 Å². The Bertz CT molecular complexity index is 1270. The fraction of sp³-hybridized carbons (Fsp3) is 0.150. The first-order chi connectivity index (χ1) is 14.0. The highest BCUT2D eigenvalue weighted by molar-refractivity contribution is 8.08. The highest BCUT2D eigenvalue weighted by Crippen LogP contribution is 2.46. The lowest BCUT2D eigenvalue weighted by Gasteiger charge is -2.12. The van der Waals surface area contributed by atoms with Crippen LogP contribution in [0.1, 0.15) is 5.56 Å². The molecule has 0 saturated carbocycles.